The van der Waals surface area contributed by atoms with Gasteiger partial charge in [0.2, 0.25) is 0 Å². The van der Waals surface area contributed by atoms with Crippen molar-refractivity contribution in [3.05, 3.63) is 79.9 Å². The first-order valence-electron chi connectivity index (χ1n) is 10.4. The smallest absolute Gasteiger partial charge is 0.350 e. The highest BCUT2D eigenvalue weighted by Crippen LogP contribution is 2.28. The number of hydrogen-bond donors (Lipinski definition) is 0. The molecule has 0 unspecified atom stereocenters. The van der Waals surface area contributed by atoms with Crippen LogP contribution in [0.3, 0.4) is 0 Å². The van der Waals surface area contributed by atoms with Crippen LogP contribution in [0, 0.1) is 6.92 Å². The molecule has 3 aromatic rings. The number of ether oxygens (including phenoxy) is 2. The third kappa shape index (κ3) is 5.55. The van der Waals surface area contributed by atoms with Gasteiger partial charge in [-0.25, -0.2) is 9.59 Å². The second kappa shape index (κ2) is 9.83. The minimum atomic E-state index is -0.635. The largest absolute Gasteiger partial charge is 0.456 e. The molecule has 3 rings (SSSR count). The quantitative estimate of drug-likeness (QED) is 0.434. The van der Waals surface area contributed by atoms with Crippen molar-refractivity contribution >= 4 is 21.9 Å². The lowest BCUT2D eigenvalue weighted by molar-refractivity contribution is 0.00683. The van der Waals surface area contributed by atoms with Gasteiger partial charge < -0.3 is 9.47 Å². The summed E-state index contributed by atoms with van der Waals surface area (Å²) in [5.41, 5.74) is 1.74. The molecule has 0 saturated heterocycles. The lowest BCUT2D eigenvalue weighted by atomic mass is 10.1. The maximum atomic E-state index is 13.1. The third-order valence-electron chi connectivity index (χ3n) is 4.64. The molecule has 0 bridgehead atoms. The van der Waals surface area contributed by atoms with E-state index in [-0.39, 0.29) is 12.3 Å². The summed E-state index contributed by atoms with van der Waals surface area (Å²) in [6, 6.07) is 13.3. The van der Waals surface area contributed by atoms with E-state index in [2.05, 4.69) is 21.0 Å². The van der Waals surface area contributed by atoms with Crippen LogP contribution >= 0.6 is 15.9 Å². The predicted molar refractivity (Wildman–Crippen MR) is 126 cm³/mol. The first-order chi connectivity index (χ1) is 15.1. The van der Waals surface area contributed by atoms with Crippen LogP contribution in [0.4, 0.5) is 0 Å². The molecule has 170 valence electrons. The average molecular weight is 502 g/mol. The standard InChI is InChI=1S/C24H28BrN3O4/c1-6-27-20(15-31-14-17-10-8-7-9-11-17)26-28(23(27)30)19-13-16(2)12-18(21(19)25)22(29)32-24(3,4)5/h7-13H,6,14-15H2,1-5H3. The van der Waals surface area contributed by atoms with Crippen LogP contribution in [-0.4, -0.2) is 25.9 Å². The van der Waals surface area contributed by atoms with E-state index >= 15 is 0 Å². The first-order valence-corrected chi connectivity index (χ1v) is 11.2. The molecule has 0 aliphatic rings. The highest BCUT2D eigenvalue weighted by Gasteiger charge is 2.24. The van der Waals surface area contributed by atoms with Gasteiger partial charge in [-0.05, 0) is 73.8 Å². The van der Waals surface area contributed by atoms with Gasteiger partial charge in [-0.3, -0.25) is 4.57 Å². The normalized spacial score (nSPS) is 11.6. The van der Waals surface area contributed by atoms with E-state index in [1.54, 1.807) is 16.7 Å². The molecule has 1 heterocycles. The summed E-state index contributed by atoms with van der Waals surface area (Å²) in [6.07, 6.45) is 0. The SMILES string of the molecule is CCn1c(COCc2ccccc2)nn(-c2cc(C)cc(C(=O)OC(C)(C)C)c2Br)c1=O. The Morgan fingerprint density at radius 3 is 2.44 bits per heavy atom. The Kier molecular flexibility index (Phi) is 7.36. The number of esters is 1. The lowest BCUT2D eigenvalue weighted by Gasteiger charge is -2.20. The first kappa shape index (κ1) is 23.9. The Bertz CT molecular complexity index is 1160. The zero-order valence-electron chi connectivity index (χ0n) is 19.0. The zero-order valence-corrected chi connectivity index (χ0v) is 20.6. The van der Waals surface area contributed by atoms with Crippen LogP contribution in [0.15, 0.2) is 51.7 Å². The summed E-state index contributed by atoms with van der Waals surface area (Å²) < 4.78 is 14.6. The number of halogens is 1. The maximum Gasteiger partial charge on any atom is 0.350 e. The van der Waals surface area contributed by atoms with Gasteiger partial charge in [0.05, 0.1) is 22.3 Å². The summed E-state index contributed by atoms with van der Waals surface area (Å²) >= 11 is 3.49. The molecule has 2 aromatic carbocycles. The van der Waals surface area contributed by atoms with Gasteiger partial charge >= 0.3 is 11.7 Å². The Balaban J connectivity index is 1.94. The minimum Gasteiger partial charge on any atom is -0.456 e. The van der Waals surface area contributed by atoms with Gasteiger partial charge in [0.1, 0.15) is 12.2 Å². The number of carbonyl (C=O) groups excluding carboxylic acids is 1. The number of nitrogens with zero attached hydrogens (tertiary/aromatic N) is 3. The predicted octanol–water partition coefficient (Wildman–Crippen LogP) is 4.80. The second-order valence-electron chi connectivity index (χ2n) is 8.48. The number of carbonyl (C=O) groups is 1. The average Bonchev–Trinajstić information content (AvgIpc) is 3.04. The van der Waals surface area contributed by atoms with E-state index in [1.807, 2.05) is 65.0 Å². The number of aromatic nitrogens is 3. The van der Waals surface area contributed by atoms with Crippen LogP contribution in [0.25, 0.3) is 5.69 Å². The molecule has 0 atom stereocenters. The van der Waals surface area contributed by atoms with Crippen molar-refractivity contribution in [2.75, 3.05) is 0 Å². The van der Waals surface area contributed by atoms with Crippen molar-refractivity contribution in [1.29, 1.82) is 0 Å². The number of hydrogen-bond acceptors (Lipinski definition) is 5. The Labute approximate surface area is 196 Å². The molecule has 0 radical (unpaired) electrons. The summed E-state index contributed by atoms with van der Waals surface area (Å²) in [6.45, 7) is 10.2. The van der Waals surface area contributed by atoms with Crippen molar-refractivity contribution in [1.82, 2.24) is 14.3 Å². The zero-order chi connectivity index (χ0) is 23.5. The van der Waals surface area contributed by atoms with Gasteiger partial charge in [0.25, 0.3) is 0 Å². The molecular weight excluding hydrogens is 474 g/mol. The number of aryl methyl sites for hydroxylation is 1. The van der Waals surface area contributed by atoms with Crippen molar-refractivity contribution in [3.8, 4) is 5.69 Å². The summed E-state index contributed by atoms with van der Waals surface area (Å²) in [4.78, 5) is 25.8. The van der Waals surface area contributed by atoms with E-state index in [9.17, 15) is 9.59 Å². The minimum absolute atomic E-state index is 0.188. The molecule has 0 aliphatic carbocycles. The fraction of sp³-hybridized carbons (Fsp3) is 0.375. The molecule has 0 spiro atoms. The van der Waals surface area contributed by atoms with E-state index in [0.29, 0.717) is 34.7 Å². The monoisotopic (exact) mass is 501 g/mol. The highest BCUT2D eigenvalue weighted by molar-refractivity contribution is 9.10. The van der Waals surface area contributed by atoms with Crippen LogP contribution in [0.1, 0.15) is 55.0 Å². The lowest BCUT2D eigenvalue weighted by Crippen LogP contribution is -2.26. The summed E-state index contributed by atoms with van der Waals surface area (Å²) in [7, 11) is 0. The van der Waals surface area contributed by atoms with E-state index in [0.717, 1.165) is 11.1 Å². The van der Waals surface area contributed by atoms with Gasteiger partial charge in [0, 0.05) is 6.54 Å². The number of benzene rings is 2. The van der Waals surface area contributed by atoms with E-state index in [4.69, 9.17) is 9.47 Å². The molecule has 7 nitrogen and oxygen atoms in total. The van der Waals surface area contributed by atoms with Gasteiger partial charge in [-0.1, -0.05) is 30.3 Å². The highest BCUT2D eigenvalue weighted by atomic mass is 79.9. The van der Waals surface area contributed by atoms with Crippen LogP contribution < -0.4 is 5.69 Å². The Morgan fingerprint density at radius 2 is 1.81 bits per heavy atom. The van der Waals surface area contributed by atoms with Crippen LogP contribution in [0.5, 0.6) is 0 Å². The fourth-order valence-corrected chi connectivity index (χ4v) is 3.80. The van der Waals surface area contributed by atoms with Crippen molar-refractivity contribution < 1.29 is 14.3 Å². The Hall–Kier alpha value is -2.71. The van der Waals surface area contributed by atoms with Gasteiger partial charge in [-0.15, -0.1) is 5.10 Å². The summed E-state index contributed by atoms with van der Waals surface area (Å²) in [5, 5.41) is 4.52. The van der Waals surface area contributed by atoms with Gasteiger partial charge in [-0.2, -0.15) is 4.68 Å². The van der Waals surface area contributed by atoms with Crippen LogP contribution in [-0.2, 0) is 29.2 Å². The second-order valence-corrected chi connectivity index (χ2v) is 9.27. The third-order valence-corrected chi connectivity index (χ3v) is 5.48. The molecule has 32 heavy (non-hydrogen) atoms. The van der Waals surface area contributed by atoms with E-state index in [1.165, 1.54) is 4.68 Å². The van der Waals surface area contributed by atoms with Crippen LogP contribution in [0.2, 0.25) is 0 Å². The summed E-state index contributed by atoms with van der Waals surface area (Å²) in [5.74, 6) is 0.0457. The van der Waals surface area contributed by atoms with Crippen molar-refractivity contribution in [2.24, 2.45) is 0 Å². The molecular formula is C24H28BrN3O4. The number of rotatable bonds is 7. The topological polar surface area (TPSA) is 75.3 Å². The van der Waals surface area contributed by atoms with E-state index < -0.39 is 11.6 Å². The molecule has 0 N–H and O–H groups in total. The fourth-order valence-electron chi connectivity index (χ4n) is 3.24. The molecule has 0 amide bonds. The van der Waals surface area contributed by atoms with Crippen molar-refractivity contribution in [3.63, 3.8) is 0 Å². The van der Waals surface area contributed by atoms with Crippen molar-refractivity contribution in [2.45, 2.75) is 60.0 Å². The molecule has 1 aromatic heterocycles. The Morgan fingerprint density at radius 1 is 1.12 bits per heavy atom. The molecule has 0 aliphatic heterocycles. The maximum absolute atomic E-state index is 13.1. The molecule has 0 fully saturated rings. The molecule has 8 heteroatoms. The van der Waals surface area contributed by atoms with Gasteiger partial charge in [0.15, 0.2) is 5.82 Å². The molecule has 0 saturated carbocycles.